The van der Waals surface area contributed by atoms with Crippen LogP contribution in [-0.4, -0.2) is 19.5 Å². The quantitative estimate of drug-likeness (QED) is 0.785. The Kier molecular flexibility index (Phi) is 3.43. The molecule has 0 fully saturated rings. The van der Waals surface area contributed by atoms with Gasteiger partial charge in [0.25, 0.3) is 0 Å². The molecule has 20 heavy (non-hydrogen) atoms. The van der Waals surface area contributed by atoms with Gasteiger partial charge in [-0.1, -0.05) is 12.1 Å². The van der Waals surface area contributed by atoms with E-state index in [1.165, 1.54) is 0 Å². The average Bonchev–Trinajstić information content (AvgIpc) is 2.93. The van der Waals surface area contributed by atoms with Crippen molar-refractivity contribution in [3.63, 3.8) is 0 Å². The molecule has 2 heterocycles. The fraction of sp³-hybridized carbons (Fsp3) is 0.267. The fourth-order valence-corrected chi connectivity index (χ4v) is 2.44. The van der Waals surface area contributed by atoms with Gasteiger partial charge in [-0.15, -0.1) is 0 Å². The monoisotopic (exact) mass is 267 g/mol. The molecular formula is C15H17N5. The lowest BCUT2D eigenvalue weighted by Crippen LogP contribution is -2.17. The van der Waals surface area contributed by atoms with Crippen LogP contribution in [-0.2, 0) is 13.0 Å². The van der Waals surface area contributed by atoms with Gasteiger partial charge in [-0.3, -0.25) is 9.97 Å². The molecule has 2 aromatic heterocycles. The van der Waals surface area contributed by atoms with Crippen molar-refractivity contribution >= 4 is 11.0 Å². The molecule has 5 nitrogen and oxygen atoms in total. The number of rotatable bonds is 4. The van der Waals surface area contributed by atoms with E-state index in [4.69, 9.17) is 5.73 Å². The smallest absolute Gasteiger partial charge is 0.110 e. The largest absolute Gasteiger partial charge is 0.335 e. The van der Waals surface area contributed by atoms with Gasteiger partial charge in [0.15, 0.2) is 0 Å². The van der Waals surface area contributed by atoms with Crippen molar-refractivity contribution in [3.8, 4) is 0 Å². The highest BCUT2D eigenvalue weighted by molar-refractivity contribution is 5.78. The zero-order valence-electron chi connectivity index (χ0n) is 11.4. The fourth-order valence-electron chi connectivity index (χ4n) is 2.44. The minimum Gasteiger partial charge on any atom is -0.335 e. The SMILES string of the molecule is CCn1ccnc1CC(N)c1cccc2nccnc12. The first-order valence-electron chi connectivity index (χ1n) is 6.75. The van der Waals surface area contributed by atoms with Crippen molar-refractivity contribution in [1.82, 2.24) is 19.5 Å². The summed E-state index contributed by atoms with van der Waals surface area (Å²) < 4.78 is 2.11. The number of aromatic nitrogens is 4. The summed E-state index contributed by atoms with van der Waals surface area (Å²) in [5, 5.41) is 0. The van der Waals surface area contributed by atoms with Crippen molar-refractivity contribution in [2.75, 3.05) is 0 Å². The van der Waals surface area contributed by atoms with E-state index < -0.39 is 0 Å². The van der Waals surface area contributed by atoms with Crippen LogP contribution in [0.15, 0.2) is 43.0 Å². The molecule has 0 saturated carbocycles. The number of hydrogen-bond acceptors (Lipinski definition) is 4. The molecule has 0 aliphatic carbocycles. The van der Waals surface area contributed by atoms with Crippen LogP contribution in [0.2, 0.25) is 0 Å². The standard InChI is InChI=1S/C15H17N5/c1-2-20-9-8-18-14(20)10-12(16)11-4-3-5-13-15(11)19-7-6-17-13/h3-9,12H,2,10,16H2,1H3. The Labute approximate surface area is 117 Å². The van der Waals surface area contributed by atoms with Crippen LogP contribution in [0.1, 0.15) is 24.4 Å². The molecule has 3 rings (SSSR count). The van der Waals surface area contributed by atoms with E-state index in [1.54, 1.807) is 12.4 Å². The third kappa shape index (κ3) is 2.28. The molecule has 0 aliphatic heterocycles. The lowest BCUT2D eigenvalue weighted by atomic mass is 10.0. The van der Waals surface area contributed by atoms with Crippen molar-refractivity contribution in [3.05, 3.63) is 54.4 Å². The van der Waals surface area contributed by atoms with Gasteiger partial charge in [0.1, 0.15) is 5.82 Å². The van der Waals surface area contributed by atoms with Crippen LogP contribution >= 0.6 is 0 Å². The van der Waals surface area contributed by atoms with Crippen molar-refractivity contribution in [1.29, 1.82) is 0 Å². The number of fused-ring (bicyclic) bond motifs is 1. The predicted octanol–water partition coefficient (Wildman–Crippen LogP) is 2.09. The molecule has 1 atom stereocenters. The molecule has 1 unspecified atom stereocenters. The molecule has 0 spiro atoms. The van der Waals surface area contributed by atoms with Crippen LogP contribution in [0.5, 0.6) is 0 Å². The Morgan fingerprint density at radius 1 is 1.15 bits per heavy atom. The van der Waals surface area contributed by atoms with Gasteiger partial charge in [-0.2, -0.15) is 0 Å². The third-order valence-corrected chi connectivity index (χ3v) is 3.47. The van der Waals surface area contributed by atoms with Crippen LogP contribution in [0, 0.1) is 0 Å². The highest BCUT2D eigenvalue weighted by Crippen LogP contribution is 2.22. The Hall–Kier alpha value is -2.27. The molecule has 3 aromatic rings. The topological polar surface area (TPSA) is 69.6 Å². The average molecular weight is 267 g/mol. The molecule has 5 heteroatoms. The zero-order valence-corrected chi connectivity index (χ0v) is 11.4. The summed E-state index contributed by atoms with van der Waals surface area (Å²) in [6, 6.07) is 5.80. The van der Waals surface area contributed by atoms with E-state index >= 15 is 0 Å². The molecule has 0 aliphatic rings. The molecule has 1 aromatic carbocycles. The van der Waals surface area contributed by atoms with E-state index in [9.17, 15) is 0 Å². The highest BCUT2D eigenvalue weighted by Gasteiger charge is 2.14. The minimum absolute atomic E-state index is 0.136. The Bertz CT molecular complexity index is 714. The maximum atomic E-state index is 6.35. The maximum absolute atomic E-state index is 6.35. The Morgan fingerprint density at radius 2 is 2.00 bits per heavy atom. The zero-order chi connectivity index (χ0) is 13.9. The number of benzene rings is 1. The van der Waals surface area contributed by atoms with E-state index in [-0.39, 0.29) is 6.04 Å². The van der Waals surface area contributed by atoms with Gasteiger partial charge in [-0.05, 0) is 18.6 Å². The first kappa shape index (κ1) is 12.7. The number of nitrogens with zero attached hydrogens (tertiary/aromatic N) is 4. The van der Waals surface area contributed by atoms with Gasteiger partial charge in [0.2, 0.25) is 0 Å². The molecular weight excluding hydrogens is 250 g/mol. The van der Waals surface area contributed by atoms with E-state index in [2.05, 4.69) is 26.4 Å². The van der Waals surface area contributed by atoms with Gasteiger partial charge < -0.3 is 10.3 Å². The summed E-state index contributed by atoms with van der Waals surface area (Å²) >= 11 is 0. The minimum atomic E-state index is -0.136. The molecule has 0 bridgehead atoms. The van der Waals surface area contributed by atoms with Crippen molar-refractivity contribution in [2.45, 2.75) is 25.9 Å². The van der Waals surface area contributed by atoms with E-state index in [0.717, 1.165) is 29.0 Å². The highest BCUT2D eigenvalue weighted by atomic mass is 15.1. The summed E-state index contributed by atoms with van der Waals surface area (Å²) in [5.74, 6) is 1.00. The van der Waals surface area contributed by atoms with Crippen LogP contribution in [0.3, 0.4) is 0 Å². The first-order valence-corrected chi connectivity index (χ1v) is 6.75. The van der Waals surface area contributed by atoms with Gasteiger partial charge in [-0.25, -0.2) is 4.98 Å². The molecule has 0 radical (unpaired) electrons. The lowest BCUT2D eigenvalue weighted by Gasteiger charge is -2.14. The van der Waals surface area contributed by atoms with Gasteiger partial charge >= 0.3 is 0 Å². The molecule has 102 valence electrons. The number of hydrogen-bond donors (Lipinski definition) is 1. The second-order valence-electron chi connectivity index (χ2n) is 4.71. The van der Waals surface area contributed by atoms with Crippen LogP contribution in [0.25, 0.3) is 11.0 Å². The summed E-state index contributed by atoms with van der Waals surface area (Å²) in [6.45, 7) is 3.00. The second-order valence-corrected chi connectivity index (χ2v) is 4.71. The van der Waals surface area contributed by atoms with E-state index in [0.29, 0.717) is 6.42 Å². The predicted molar refractivity (Wildman–Crippen MR) is 78.1 cm³/mol. The number of aryl methyl sites for hydroxylation is 1. The van der Waals surface area contributed by atoms with Gasteiger partial charge in [0.05, 0.1) is 11.0 Å². The number of nitrogens with two attached hydrogens (primary N) is 1. The van der Waals surface area contributed by atoms with Crippen LogP contribution in [0.4, 0.5) is 0 Å². The number of para-hydroxylation sites is 1. The first-order chi connectivity index (χ1) is 9.79. The summed E-state index contributed by atoms with van der Waals surface area (Å²) in [4.78, 5) is 13.1. The second kappa shape index (κ2) is 5.38. The number of imidazole rings is 1. The van der Waals surface area contributed by atoms with Crippen LogP contribution < -0.4 is 5.73 Å². The molecule has 0 amide bonds. The third-order valence-electron chi connectivity index (χ3n) is 3.47. The van der Waals surface area contributed by atoms with Crippen molar-refractivity contribution < 1.29 is 0 Å². The summed E-state index contributed by atoms with van der Waals surface area (Å²) in [5.41, 5.74) is 9.12. The summed E-state index contributed by atoms with van der Waals surface area (Å²) in [7, 11) is 0. The van der Waals surface area contributed by atoms with E-state index in [1.807, 2.05) is 30.6 Å². The lowest BCUT2D eigenvalue weighted by molar-refractivity contribution is 0.630. The normalized spacial score (nSPS) is 12.7. The maximum Gasteiger partial charge on any atom is 0.110 e. The Morgan fingerprint density at radius 3 is 2.85 bits per heavy atom. The summed E-state index contributed by atoms with van der Waals surface area (Å²) in [6.07, 6.45) is 7.88. The van der Waals surface area contributed by atoms with Crippen molar-refractivity contribution in [2.24, 2.45) is 5.73 Å². The molecule has 0 saturated heterocycles. The Balaban J connectivity index is 1.95. The van der Waals surface area contributed by atoms with Gasteiger partial charge in [0, 0.05) is 43.8 Å². The molecule has 2 N–H and O–H groups in total.